The van der Waals surface area contributed by atoms with Crippen LogP contribution in [0.1, 0.15) is 32.6 Å². The molecule has 0 radical (unpaired) electrons. The molecular formula is C17H20F3NO3. The second-order valence-electron chi connectivity index (χ2n) is 6.41. The molecule has 1 aliphatic heterocycles. The van der Waals surface area contributed by atoms with Gasteiger partial charge in [-0.2, -0.15) is 13.2 Å². The summed E-state index contributed by atoms with van der Waals surface area (Å²) in [6.45, 7) is 1.74. The van der Waals surface area contributed by atoms with Gasteiger partial charge in [0.2, 0.25) is 6.10 Å². The molecule has 1 aromatic rings. The highest BCUT2D eigenvalue weighted by atomic mass is 19.4. The van der Waals surface area contributed by atoms with Crippen LogP contribution in [0.5, 0.6) is 11.5 Å². The maximum Gasteiger partial charge on any atom is 0.391 e. The molecule has 132 valence electrons. The summed E-state index contributed by atoms with van der Waals surface area (Å²) in [4.78, 5) is 12.4. The van der Waals surface area contributed by atoms with Crippen LogP contribution >= 0.6 is 0 Å². The van der Waals surface area contributed by atoms with E-state index in [-0.39, 0.29) is 24.8 Å². The molecule has 1 amide bonds. The predicted molar refractivity (Wildman–Crippen MR) is 80.9 cm³/mol. The molecule has 1 heterocycles. The van der Waals surface area contributed by atoms with Crippen LogP contribution in [-0.2, 0) is 4.79 Å². The minimum Gasteiger partial charge on any atom is -0.482 e. The zero-order chi connectivity index (χ0) is 17.3. The molecule has 3 rings (SSSR count). The molecule has 0 bridgehead atoms. The lowest BCUT2D eigenvalue weighted by Crippen LogP contribution is -2.52. The number of nitrogens with one attached hydrogen (secondary N) is 1. The molecule has 0 saturated heterocycles. The lowest BCUT2D eigenvalue weighted by atomic mass is 9.85. The van der Waals surface area contributed by atoms with E-state index in [1.165, 1.54) is 0 Å². The zero-order valence-electron chi connectivity index (χ0n) is 13.3. The third-order valence-electron chi connectivity index (χ3n) is 4.64. The molecule has 1 saturated carbocycles. The smallest absolute Gasteiger partial charge is 0.391 e. The molecule has 1 aliphatic carbocycles. The molecule has 2 atom stereocenters. The normalized spacial score (nSPS) is 29.8. The number of benzene rings is 1. The van der Waals surface area contributed by atoms with Gasteiger partial charge in [-0.1, -0.05) is 12.1 Å². The van der Waals surface area contributed by atoms with Crippen LogP contribution in [0.2, 0.25) is 0 Å². The number of halogens is 3. The molecule has 1 N–H and O–H groups in total. The lowest BCUT2D eigenvalue weighted by molar-refractivity contribution is -0.182. The predicted octanol–water partition coefficient (Wildman–Crippen LogP) is 3.45. The van der Waals surface area contributed by atoms with E-state index in [4.69, 9.17) is 9.47 Å². The third kappa shape index (κ3) is 3.60. The fraction of sp³-hybridized carbons (Fsp3) is 0.588. The van der Waals surface area contributed by atoms with Crippen molar-refractivity contribution in [3.8, 4) is 11.5 Å². The number of alkyl halides is 3. The first kappa shape index (κ1) is 16.9. The van der Waals surface area contributed by atoms with Crippen LogP contribution in [-0.4, -0.2) is 30.3 Å². The van der Waals surface area contributed by atoms with Crippen LogP contribution in [0.25, 0.3) is 0 Å². The van der Waals surface area contributed by atoms with Crippen molar-refractivity contribution in [2.45, 2.75) is 57.0 Å². The first-order chi connectivity index (χ1) is 11.3. The van der Waals surface area contributed by atoms with E-state index < -0.39 is 24.3 Å². The van der Waals surface area contributed by atoms with Crippen LogP contribution in [0, 0.1) is 5.92 Å². The monoisotopic (exact) mass is 343 g/mol. The number of fused-ring (bicyclic) bond motifs is 1. The van der Waals surface area contributed by atoms with Gasteiger partial charge in [0.1, 0.15) is 6.10 Å². The second-order valence-corrected chi connectivity index (χ2v) is 6.41. The number of para-hydroxylation sites is 2. The number of carbonyl (C=O) groups is 1. The van der Waals surface area contributed by atoms with Crippen molar-refractivity contribution < 1.29 is 27.4 Å². The van der Waals surface area contributed by atoms with Crippen molar-refractivity contribution in [2.75, 3.05) is 0 Å². The van der Waals surface area contributed by atoms with Crippen molar-refractivity contribution in [3.05, 3.63) is 24.3 Å². The molecule has 1 aromatic carbocycles. The first-order valence-corrected chi connectivity index (χ1v) is 8.14. The van der Waals surface area contributed by atoms with Gasteiger partial charge in [0.25, 0.3) is 5.91 Å². The third-order valence-corrected chi connectivity index (χ3v) is 4.64. The number of amides is 1. The zero-order valence-corrected chi connectivity index (χ0v) is 13.3. The van der Waals surface area contributed by atoms with E-state index in [2.05, 4.69) is 5.32 Å². The molecule has 2 aliphatic rings. The summed E-state index contributed by atoms with van der Waals surface area (Å²) in [5.74, 6) is -0.519. The fourth-order valence-corrected chi connectivity index (χ4v) is 3.25. The summed E-state index contributed by atoms with van der Waals surface area (Å²) in [7, 11) is 0. The molecule has 0 spiro atoms. The van der Waals surface area contributed by atoms with Gasteiger partial charge in [0, 0.05) is 6.04 Å². The quantitative estimate of drug-likeness (QED) is 0.895. The Labute approximate surface area is 138 Å². The van der Waals surface area contributed by atoms with E-state index >= 15 is 0 Å². The maximum atomic E-state index is 12.7. The summed E-state index contributed by atoms with van der Waals surface area (Å²) in [6, 6.07) is 6.83. The Hall–Kier alpha value is -1.92. The van der Waals surface area contributed by atoms with Crippen molar-refractivity contribution in [3.63, 3.8) is 0 Å². The largest absolute Gasteiger partial charge is 0.482 e. The average Bonchev–Trinajstić information content (AvgIpc) is 2.53. The average molecular weight is 343 g/mol. The Morgan fingerprint density at radius 1 is 1.08 bits per heavy atom. The number of hydrogen-bond donors (Lipinski definition) is 1. The topological polar surface area (TPSA) is 47.6 Å². The van der Waals surface area contributed by atoms with Crippen LogP contribution in [0.3, 0.4) is 0 Å². The van der Waals surface area contributed by atoms with E-state index in [1.807, 2.05) is 6.07 Å². The van der Waals surface area contributed by atoms with Crippen LogP contribution in [0.4, 0.5) is 13.2 Å². The molecule has 0 aromatic heterocycles. The van der Waals surface area contributed by atoms with E-state index in [0.717, 1.165) is 0 Å². The van der Waals surface area contributed by atoms with Gasteiger partial charge >= 0.3 is 6.18 Å². The number of hydrogen-bond acceptors (Lipinski definition) is 3. The van der Waals surface area contributed by atoms with Crippen molar-refractivity contribution in [1.82, 2.24) is 5.32 Å². The Bertz CT molecular complexity index is 597. The summed E-state index contributed by atoms with van der Waals surface area (Å²) in [5.41, 5.74) is 0. The number of carbonyl (C=O) groups excluding carboxylic acids is 1. The first-order valence-electron chi connectivity index (χ1n) is 8.14. The Balaban J connectivity index is 1.56. The van der Waals surface area contributed by atoms with Gasteiger partial charge in [0.15, 0.2) is 11.5 Å². The van der Waals surface area contributed by atoms with Crippen molar-refractivity contribution >= 4 is 5.91 Å². The second kappa shape index (κ2) is 6.53. The van der Waals surface area contributed by atoms with Gasteiger partial charge < -0.3 is 14.8 Å². The van der Waals surface area contributed by atoms with Gasteiger partial charge in [-0.25, -0.2) is 0 Å². The van der Waals surface area contributed by atoms with E-state index in [9.17, 15) is 18.0 Å². The highest BCUT2D eigenvalue weighted by Gasteiger charge is 2.42. The van der Waals surface area contributed by atoms with Gasteiger partial charge in [-0.3, -0.25) is 4.79 Å². The molecule has 0 unspecified atom stereocenters. The van der Waals surface area contributed by atoms with Crippen molar-refractivity contribution in [1.29, 1.82) is 0 Å². The summed E-state index contributed by atoms with van der Waals surface area (Å²) in [6.07, 6.45) is -4.66. The van der Waals surface area contributed by atoms with Gasteiger partial charge in [0.05, 0.1) is 5.92 Å². The van der Waals surface area contributed by atoms with E-state index in [0.29, 0.717) is 24.3 Å². The maximum absolute atomic E-state index is 12.7. The van der Waals surface area contributed by atoms with E-state index in [1.54, 1.807) is 25.1 Å². The molecule has 1 fully saturated rings. The molecular weight excluding hydrogens is 323 g/mol. The van der Waals surface area contributed by atoms with Crippen LogP contribution < -0.4 is 14.8 Å². The molecule has 4 nitrogen and oxygen atoms in total. The Kier molecular flexibility index (Phi) is 4.60. The highest BCUT2D eigenvalue weighted by molar-refractivity contribution is 5.82. The Morgan fingerprint density at radius 3 is 2.25 bits per heavy atom. The number of ether oxygens (including phenoxy) is 2. The minimum absolute atomic E-state index is 0.0505. The Morgan fingerprint density at radius 2 is 1.67 bits per heavy atom. The standard InChI is InChI=1S/C17H20F3NO3/c1-10-15(24-14-5-3-2-4-13(14)23-10)16(22)21-12-8-6-11(7-9-12)17(18,19)20/h2-5,10-12,15H,6-9H2,1H3,(H,21,22)/t10-,11?,12?,15-/m0/s1. The SMILES string of the molecule is C[C@@H]1Oc2ccccc2O[C@@H]1C(=O)NC1CCC(C(F)(F)F)CC1. The fourth-order valence-electron chi connectivity index (χ4n) is 3.25. The lowest BCUT2D eigenvalue weighted by Gasteiger charge is -2.34. The summed E-state index contributed by atoms with van der Waals surface area (Å²) in [5, 5.41) is 2.81. The number of rotatable bonds is 2. The minimum atomic E-state index is -4.15. The van der Waals surface area contributed by atoms with Gasteiger partial charge in [-0.15, -0.1) is 0 Å². The van der Waals surface area contributed by atoms with Gasteiger partial charge in [-0.05, 0) is 44.7 Å². The highest BCUT2D eigenvalue weighted by Crippen LogP contribution is 2.38. The van der Waals surface area contributed by atoms with Crippen molar-refractivity contribution in [2.24, 2.45) is 5.92 Å². The summed E-state index contributed by atoms with van der Waals surface area (Å²) < 4.78 is 49.5. The molecule has 7 heteroatoms. The summed E-state index contributed by atoms with van der Waals surface area (Å²) >= 11 is 0. The molecule has 24 heavy (non-hydrogen) atoms. The van der Waals surface area contributed by atoms with Crippen LogP contribution in [0.15, 0.2) is 24.3 Å².